The summed E-state index contributed by atoms with van der Waals surface area (Å²) in [5, 5.41) is 2.60. The maximum atomic E-state index is 13.4. The van der Waals surface area contributed by atoms with Crippen LogP contribution in [0.3, 0.4) is 0 Å². The third kappa shape index (κ3) is 2.98. The van der Waals surface area contributed by atoms with Crippen molar-refractivity contribution < 1.29 is 9.18 Å². The molecule has 98 valence electrons. The van der Waals surface area contributed by atoms with E-state index in [9.17, 15) is 9.18 Å². The van der Waals surface area contributed by atoms with Crippen molar-refractivity contribution in [2.45, 2.75) is 12.8 Å². The predicted octanol–water partition coefficient (Wildman–Crippen LogP) is 2.03. The van der Waals surface area contributed by atoms with Gasteiger partial charge in [-0.2, -0.15) is 0 Å². The molecule has 1 atom stereocenters. The number of carbonyl (C=O) groups is 1. The van der Waals surface area contributed by atoms with E-state index in [-0.39, 0.29) is 11.7 Å². The zero-order valence-electron chi connectivity index (χ0n) is 10.2. The van der Waals surface area contributed by atoms with Crippen LogP contribution in [0.5, 0.6) is 0 Å². The Kier molecular flexibility index (Phi) is 4.15. The van der Waals surface area contributed by atoms with E-state index >= 15 is 0 Å². The minimum absolute atomic E-state index is 0.227. The highest BCUT2D eigenvalue weighted by atomic mass is 19.1. The minimum Gasteiger partial charge on any atom is -0.330 e. The van der Waals surface area contributed by atoms with Gasteiger partial charge in [0, 0.05) is 13.1 Å². The van der Waals surface area contributed by atoms with Crippen LogP contribution in [-0.4, -0.2) is 30.6 Å². The van der Waals surface area contributed by atoms with E-state index in [4.69, 9.17) is 5.73 Å². The van der Waals surface area contributed by atoms with Crippen LogP contribution in [0.25, 0.3) is 0 Å². The summed E-state index contributed by atoms with van der Waals surface area (Å²) in [4.78, 5) is 13.6. The van der Waals surface area contributed by atoms with Crippen LogP contribution in [0.15, 0.2) is 24.3 Å². The number of urea groups is 1. The van der Waals surface area contributed by atoms with Crippen LogP contribution in [-0.2, 0) is 0 Å². The number of para-hydroxylation sites is 1. The van der Waals surface area contributed by atoms with E-state index in [0.717, 1.165) is 12.8 Å². The quantitative estimate of drug-likeness (QED) is 0.863. The smallest absolute Gasteiger partial charge is 0.321 e. The molecule has 0 aliphatic carbocycles. The molecule has 3 N–H and O–H groups in total. The van der Waals surface area contributed by atoms with Gasteiger partial charge < -0.3 is 16.0 Å². The van der Waals surface area contributed by atoms with Crippen molar-refractivity contribution in [1.29, 1.82) is 0 Å². The molecule has 1 heterocycles. The number of nitrogens with zero attached hydrogens (tertiary/aromatic N) is 1. The van der Waals surface area contributed by atoms with Crippen molar-refractivity contribution in [3.63, 3.8) is 0 Å². The molecule has 0 aromatic heterocycles. The zero-order valence-corrected chi connectivity index (χ0v) is 10.2. The van der Waals surface area contributed by atoms with Crippen molar-refractivity contribution >= 4 is 11.7 Å². The Hall–Kier alpha value is -1.62. The summed E-state index contributed by atoms with van der Waals surface area (Å²) in [6, 6.07) is 5.94. The molecule has 1 fully saturated rings. The third-order valence-electron chi connectivity index (χ3n) is 3.26. The lowest BCUT2D eigenvalue weighted by atomic mass is 10.1. The molecule has 1 saturated heterocycles. The van der Waals surface area contributed by atoms with E-state index in [1.807, 2.05) is 0 Å². The number of amides is 2. The molecule has 1 aromatic rings. The molecule has 1 unspecified atom stereocenters. The number of hydrogen-bond acceptors (Lipinski definition) is 2. The first-order chi connectivity index (χ1) is 8.70. The Balaban J connectivity index is 1.91. The number of nitrogens with one attached hydrogen (secondary N) is 1. The van der Waals surface area contributed by atoms with Crippen LogP contribution >= 0.6 is 0 Å². The maximum absolute atomic E-state index is 13.4. The molecule has 1 aliphatic rings. The summed E-state index contributed by atoms with van der Waals surface area (Å²) < 4.78 is 13.4. The fourth-order valence-electron chi connectivity index (χ4n) is 2.25. The molecule has 2 amide bonds. The van der Waals surface area contributed by atoms with Crippen LogP contribution < -0.4 is 11.1 Å². The molecule has 0 saturated carbocycles. The van der Waals surface area contributed by atoms with Crippen LogP contribution in [0.2, 0.25) is 0 Å². The lowest BCUT2D eigenvalue weighted by Gasteiger charge is -2.17. The van der Waals surface area contributed by atoms with E-state index in [1.54, 1.807) is 23.1 Å². The van der Waals surface area contributed by atoms with E-state index in [0.29, 0.717) is 25.6 Å². The van der Waals surface area contributed by atoms with E-state index in [1.165, 1.54) is 6.07 Å². The number of likely N-dealkylation sites (tertiary alicyclic amines) is 1. The average Bonchev–Trinajstić information content (AvgIpc) is 2.81. The van der Waals surface area contributed by atoms with Gasteiger partial charge in [0.05, 0.1) is 5.69 Å². The highest BCUT2D eigenvalue weighted by molar-refractivity contribution is 5.89. The fourth-order valence-corrected chi connectivity index (χ4v) is 2.25. The molecule has 0 spiro atoms. The van der Waals surface area contributed by atoms with Crippen LogP contribution in [0.1, 0.15) is 12.8 Å². The molecule has 1 aliphatic heterocycles. The standard InChI is InChI=1S/C13H18FN3O/c14-11-3-1-2-4-12(11)16-13(18)17-8-6-10(9-17)5-7-15/h1-4,10H,5-9,15H2,(H,16,18). The predicted molar refractivity (Wildman–Crippen MR) is 68.8 cm³/mol. The van der Waals surface area contributed by atoms with E-state index in [2.05, 4.69) is 5.32 Å². The lowest BCUT2D eigenvalue weighted by Crippen LogP contribution is -2.33. The molecule has 1 aromatic carbocycles. The van der Waals surface area contributed by atoms with Gasteiger partial charge in [0.15, 0.2) is 0 Å². The topological polar surface area (TPSA) is 58.4 Å². The molecule has 0 bridgehead atoms. The number of hydrogen-bond donors (Lipinski definition) is 2. The average molecular weight is 251 g/mol. The summed E-state index contributed by atoms with van der Waals surface area (Å²) in [5.74, 6) is 0.0601. The largest absolute Gasteiger partial charge is 0.330 e. The monoisotopic (exact) mass is 251 g/mol. The Morgan fingerprint density at radius 2 is 2.28 bits per heavy atom. The van der Waals surface area contributed by atoms with Crippen LogP contribution in [0.4, 0.5) is 14.9 Å². The van der Waals surface area contributed by atoms with Gasteiger partial charge in [0.1, 0.15) is 5.82 Å². The number of anilines is 1. The lowest BCUT2D eigenvalue weighted by molar-refractivity contribution is 0.220. The third-order valence-corrected chi connectivity index (χ3v) is 3.26. The number of halogens is 1. The van der Waals surface area contributed by atoms with Gasteiger partial charge in [-0.05, 0) is 37.4 Å². The van der Waals surface area contributed by atoms with Crippen molar-refractivity contribution in [2.75, 3.05) is 25.0 Å². The second-order valence-corrected chi connectivity index (χ2v) is 4.59. The second kappa shape index (κ2) is 5.82. The SMILES string of the molecule is NCCC1CCN(C(=O)Nc2ccccc2F)C1. The molecule has 4 nitrogen and oxygen atoms in total. The Labute approximate surface area is 106 Å². The van der Waals surface area contributed by atoms with Gasteiger partial charge in [0.25, 0.3) is 0 Å². The normalized spacial score (nSPS) is 19.0. The number of nitrogens with two attached hydrogens (primary N) is 1. The van der Waals surface area contributed by atoms with Crippen molar-refractivity contribution in [3.05, 3.63) is 30.1 Å². The minimum atomic E-state index is -0.413. The number of carbonyl (C=O) groups excluding carboxylic acids is 1. The molecule has 2 rings (SSSR count). The summed E-state index contributed by atoms with van der Waals surface area (Å²) in [6.07, 6.45) is 1.91. The Bertz CT molecular complexity index is 424. The first-order valence-electron chi connectivity index (χ1n) is 6.21. The van der Waals surface area contributed by atoms with Gasteiger partial charge in [0.2, 0.25) is 0 Å². The molecular formula is C13H18FN3O. The molecular weight excluding hydrogens is 233 g/mol. The number of rotatable bonds is 3. The highest BCUT2D eigenvalue weighted by Gasteiger charge is 2.25. The van der Waals surface area contributed by atoms with Gasteiger partial charge in [-0.15, -0.1) is 0 Å². The van der Waals surface area contributed by atoms with Gasteiger partial charge in [-0.25, -0.2) is 9.18 Å². The summed E-state index contributed by atoms with van der Waals surface area (Å²) >= 11 is 0. The second-order valence-electron chi connectivity index (χ2n) is 4.59. The first kappa shape index (κ1) is 12.8. The fraction of sp³-hybridized carbons (Fsp3) is 0.462. The van der Waals surface area contributed by atoms with Crippen molar-refractivity contribution in [2.24, 2.45) is 11.7 Å². The molecule has 5 heteroatoms. The Morgan fingerprint density at radius 3 is 3.00 bits per heavy atom. The first-order valence-corrected chi connectivity index (χ1v) is 6.21. The van der Waals surface area contributed by atoms with Crippen molar-refractivity contribution in [3.8, 4) is 0 Å². The van der Waals surface area contributed by atoms with Gasteiger partial charge in [-0.1, -0.05) is 12.1 Å². The van der Waals surface area contributed by atoms with Gasteiger partial charge >= 0.3 is 6.03 Å². The summed E-state index contributed by atoms with van der Waals surface area (Å²) in [7, 11) is 0. The van der Waals surface area contributed by atoms with Gasteiger partial charge in [-0.3, -0.25) is 0 Å². The summed E-state index contributed by atoms with van der Waals surface area (Å²) in [6.45, 7) is 2.07. The maximum Gasteiger partial charge on any atom is 0.321 e. The summed E-state index contributed by atoms with van der Waals surface area (Å²) in [5.41, 5.74) is 5.73. The number of benzene rings is 1. The molecule has 0 radical (unpaired) electrons. The van der Waals surface area contributed by atoms with E-state index < -0.39 is 5.82 Å². The molecule has 18 heavy (non-hydrogen) atoms. The highest BCUT2D eigenvalue weighted by Crippen LogP contribution is 2.20. The van der Waals surface area contributed by atoms with Crippen molar-refractivity contribution in [1.82, 2.24) is 4.90 Å². The van der Waals surface area contributed by atoms with Crippen LogP contribution in [0, 0.1) is 11.7 Å². The zero-order chi connectivity index (χ0) is 13.0. The Morgan fingerprint density at radius 1 is 1.50 bits per heavy atom.